The molecule has 0 aliphatic rings. The zero-order valence-corrected chi connectivity index (χ0v) is 16.0. The Morgan fingerprint density at radius 3 is 2.46 bits per heavy atom. The summed E-state index contributed by atoms with van der Waals surface area (Å²) in [7, 11) is 0. The normalized spacial score (nSPS) is 10.3. The number of esters is 2. The van der Waals surface area contributed by atoms with Gasteiger partial charge in [-0.1, -0.05) is 6.07 Å². The highest BCUT2D eigenvalue weighted by atomic mass is 32.1. The van der Waals surface area contributed by atoms with Crippen molar-refractivity contribution in [2.24, 2.45) is 0 Å². The van der Waals surface area contributed by atoms with Crippen LogP contribution < -0.4 is 5.32 Å². The van der Waals surface area contributed by atoms with E-state index in [1.54, 1.807) is 31.4 Å². The van der Waals surface area contributed by atoms with Gasteiger partial charge in [-0.2, -0.15) is 0 Å². The summed E-state index contributed by atoms with van der Waals surface area (Å²) >= 11 is 2.19. The van der Waals surface area contributed by atoms with Crippen molar-refractivity contribution in [1.29, 1.82) is 0 Å². The van der Waals surface area contributed by atoms with Crippen LogP contribution in [0.3, 0.4) is 0 Å². The van der Waals surface area contributed by atoms with Gasteiger partial charge < -0.3 is 14.8 Å². The van der Waals surface area contributed by atoms with Crippen molar-refractivity contribution < 1.29 is 28.7 Å². The molecule has 2 rings (SSSR count). The van der Waals surface area contributed by atoms with Crippen LogP contribution in [-0.4, -0.2) is 36.8 Å². The maximum atomic E-state index is 12.2. The molecular formula is C17H17NO6S2. The third-order valence-corrected chi connectivity index (χ3v) is 5.41. The number of thiophene rings is 2. The molecule has 0 bridgehead atoms. The van der Waals surface area contributed by atoms with E-state index in [0.717, 1.165) is 11.3 Å². The van der Waals surface area contributed by atoms with Crippen LogP contribution >= 0.6 is 22.7 Å². The number of rotatable bonds is 7. The number of anilines is 1. The van der Waals surface area contributed by atoms with Gasteiger partial charge in [-0.25, -0.2) is 9.59 Å². The van der Waals surface area contributed by atoms with E-state index >= 15 is 0 Å². The summed E-state index contributed by atoms with van der Waals surface area (Å²) in [6.07, 6.45) is 0. The number of carbonyl (C=O) groups is 4. The van der Waals surface area contributed by atoms with Crippen molar-refractivity contribution in [3.05, 3.63) is 38.4 Å². The van der Waals surface area contributed by atoms with Gasteiger partial charge in [0, 0.05) is 0 Å². The number of nitrogens with one attached hydrogen (secondary N) is 1. The zero-order chi connectivity index (χ0) is 19.3. The van der Waals surface area contributed by atoms with Crippen molar-refractivity contribution in [3.8, 4) is 0 Å². The standard InChI is InChI=1S/C17H17NO6S2/c1-4-23-17(22)13-9(2)14(10(3)19)26-15(13)18-12(20)8-24-16(21)11-6-5-7-25-11/h5-7H,4,8H2,1-3H3,(H,18,20). The molecular weight excluding hydrogens is 378 g/mol. The predicted octanol–water partition coefficient (Wildman–Crippen LogP) is 3.29. The minimum Gasteiger partial charge on any atom is -0.462 e. The number of hydrogen-bond donors (Lipinski definition) is 1. The second kappa shape index (κ2) is 8.72. The molecule has 0 aromatic carbocycles. The Morgan fingerprint density at radius 2 is 1.88 bits per heavy atom. The summed E-state index contributed by atoms with van der Waals surface area (Å²) in [4.78, 5) is 48.5. The highest BCUT2D eigenvalue weighted by Gasteiger charge is 2.25. The topological polar surface area (TPSA) is 98.8 Å². The highest BCUT2D eigenvalue weighted by molar-refractivity contribution is 7.18. The molecule has 2 aromatic rings. The van der Waals surface area contributed by atoms with E-state index in [4.69, 9.17) is 9.47 Å². The van der Waals surface area contributed by atoms with Crippen molar-refractivity contribution in [2.75, 3.05) is 18.5 Å². The number of ether oxygens (including phenoxy) is 2. The molecule has 0 saturated carbocycles. The lowest BCUT2D eigenvalue weighted by Crippen LogP contribution is -2.21. The van der Waals surface area contributed by atoms with Gasteiger partial charge in [-0.3, -0.25) is 9.59 Å². The van der Waals surface area contributed by atoms with Crippen LogP contribution in [0.25, 0.3) is 0 Å². The number of carbonyl (C=O) groups excluding carboxylic acids is 4. The fourth-order valence-electron chi connectivity index (χ4n) is 2.15. The van der Waals surface area contributed by atoms with Gasteiger partial charge in [-0.15, -0.1) is 22.7 Å². The van der Waals surface area contributed by atoms with Crippen LogP contribution in [-0.2, 0) is 14.3 Å². The molecule has 0 aliphatic carbocycles. The van der Waals surface area contributed by atoms with Crippen molar-refractivity contribution in [1.82, 2.24) is 0 Å². The van der Waals surface area contributed by atoms with Crippen LogP contribution in [0.2, 0.25) is 0 Å². The van der Waals surface area contributed by atoms with Gasteiger partial charge in [0.25, 0.3) is 5.91 Å². The fraction of sp³-hybridized carbons (Fsp3) is 0.294. The van der Waals surface area contributed by atoms with Crippen LogP contribution in [0.1, 0.15) is 49.1 Å². The molecule has 1 N–H and O–H groups in total. The first-order chi connectivity index (χ1) is 12.3. The number of ketones is 1. The molecule has 0 radical (unpaired) electrons. The maximum absolute atomic E-state index is 12.2. The third-order valence-electron chi connectivity index (χ3n) is 3.26. The molecule has 0 aliphatic heterocycles. The van der Waals surface area contributed by atoms with Gasteiger partial charge in [-0.05, 0) is 37.8 Å². The van der Waals surface area contributed by atoms with E-state index in [2.05, 4.69) is 5.32 Å². The highest BCUT2D eigenvalue weighted by Crippen LogP contribution is 2.34. The van der Waals surface area contributed by atoms with E-state index in [-0.39, 0.29) is 23.0 Å². The van der Waals surface area contributed by atoms with Crippen LogP contribution in [0.4, 0.5) is 5.00 Å². The minimum absolute atomic E-state index is 0.139. The molecule has 0 unspecified atom stereocenters. The second-order valence-corrected chi connectivity index (χ2v) is 7.11. The maximum Gasteiger partial charge on any atom is 0.348 e. The average Bonchev–Trinajstić information content (AvgIpc) is 3.21. The number of Topliss-reactive ketones (excluding diaryl/α,β-unsaturated/α-hetero) is 1. The van der Waals surface area contributed by atoms with Gasteiger partial charge in [0.1, 0.15) is 9.88 Å². The van der Waals surface area contributed by atoms with Crippen molar-refractivity contribution in [2.45, 2.75) is 20.8 Å². The smallest absolute Gasteiger partial charge is 0.348 e. The van der Waals surface area contributed by atoms with E-state index in [9.17, 15) is 19.2 Å². The summed E-state index contributed by atoms with van der Waals surface area (Å²) in [5.74, 6) is -2.06. The fourth-order valence-corrected chi connectivity index (χ4v) is 3.87. The van der Waals surface area contributed by atoms with Gasteiger partial charge >= 0.3 is 11.9 Å². The molecule has 0 spiro atoms. The molecule has 7 nitrogen and oxygen atoms in total. The Balaban J connectivity index is 2.13. The number of hydrogen-bond acceptors (Lipinski definition) is 8. The molecule has 26 heavy (non-hydrogen) atoms. The summed E-state index contributed by atoms with van der Waals surface area (Å²) in [5, 5.41) is 4.44. The summed E-state index contributed by atoms with van der Waals surface area (Å²) in [6.45, 7) is 4.31. The Labute approximate surface area is 157 Å². The number of amides is 1. The summed E-state index contributed by atoms with van der Waals surface area (Å²) < 4.78 is 9.93. The van der Waals surface area contributed by atoms with Crippen LogP contribution in [0.5, 0.6) is 0 Å². The average molecular weight is 395 g/mol. The van der Waals surface area contributed by atoms with Crippen LogP contribution in [0, 0.1) is 6.92 Å². The van der Waals surface area contributed by atoms with E-state index in [0.29, 0.717) is 15.3 Å². The van der Waals surface area contributed by atoms with Crippen LogP contribution in [0.15, 0.2) is 17.5 Å². The molecule has 138 valence electrons. The first kappa shape index (κ1) is 19.8. The lowest BCUT2D eigenvalue weighted by atomic mass is 10.1. The lowest BCUT2D eigenvalue weighted by molar-refractivity contribution is -0.119. The van der Waals surface area contributed by atoms with Gasteiger partial charge in [0.15, 0.2) is 12.4 Å². The Bertz CT molecular complexity index is 838. The Kier molecular flexibility index (Phi) is 6.64. The minimum atomic E-state index is -0.625. The third kappa shape index (κ3) is 4.55. The molecule has 0 saturated heterocycles. The first-order valence-corrected chi connectivity index (χ1v) is 9.36. The lowest BCUT2D eigenvalue weighted by Gasteiger charge is -2.07. The largest absolute Gasteiger partial charge is 0.462 e. The van der Waals surface area contributed by atoms with E-state index in [1.807, 2.05) is 0 Å². The molecule has 0 fully saturated rings. The molecule has 9 heteroatoms. The Morgan fingerprint density at radius 1 is 1.15 bits per heavy atom. The van der Waals surface area contributed by atoms with E-state index in [1.165, 1.54) is 18.3 Å². The van der Waals surface area contributed by atoms with Gasteiger partial charge in [0.2, 0.25) is 0 Å². The van der Waals surface area contributed by atoms with Crippen molar-refractivity contribution in [3.63, 3.8) is 0 Å². The first-order valence-electron chi connectivity index (χ1n) is 7.67. The summed E-state index contributed by atoms with van der Waals surface area (Å²) in [5.41, 5.74) is 0.590. The predicted molar refractivity (Wildman–Crippen MR) is 98.2 cm³/mol. The molecule has 2 aromatic heterocycles. The molecule has 1 amide bonds. The SMILES string of the molecule is CCOC(=O)c1c(NC(=O)COC(=O)c2cccs2)sc(C(C)=O)c1C. The Hall–Kier alpha value is -2.52. The van der Waals surface area contributed by atoms with E-state index < -0.39 is 24.5 Å². The van der Waals surface area contributed by atoms with Gasteiger partial charge in [0.05, 0.1) is 17.0 Å². The van der Waals surface area contributed by atoms with Crippen molar-refractivity contribution >= 4 is 51.3 Å². The molecule has 2 heterocycles. The summed E-state index contributed by atoms with van der Waals surface area (Å²) in [6, 6.07) is 3.29. The monoisotopic (exact) mass is 395 g/mol. The zero-order valence-electron chi connectivity index (χ0n) is 14.4. The second-order valence-electron chi connectivity index (χ2n) is 5.14. The molecule has 0 atom stereocenters. The quantitative estimate of drug-likeness (QED) is 0.570.